The number of hydrogen-bond donors (Lipinski definition) is 1. The first-order valence-corrected chi connectivity index (χ1v) is 6.51. The number of nitrogens with zero attached hydrogens (tertiary/aromatic N) is 2. The highest BCUT2D eigenvalue weighted by Crippen LogP contribution is 2.08. The Balaban J connectivity index is 2.45. The van der Waals surface area contributed by atoms with Crippen molar-refractivity contribution in [3.05, 3.63) is 35.4 Å². The maximum absolute atomic E-state index is 8.65. The molecule has 0 heterocycles. The first kappa shape index (κ1) is 14.9. The number of hydrogen-bond acceptors (Lipinski definition) is 2. The standard InChI is InChI=1S/C15H25N2O/c1-17(2,3)13-15-8-6-14(7-9-15)12-16-10-4-5-11-18/h6-9,12,18H,4-5,10-11,13H2,1-3H3/q+1. The van der Waals surface area contributed by atoms with Gasteiger partial charge in [-0.1, -0.05) is 24.3 Å². The SMILES string of the molecule is C[N+](C)(C)Cc1ccc(C=NCCCCO)cc1. The molecule has 3 nitrogen and oxygen atoms in total. The number of benzene rings is 1. The Hall–Kier alpha value is -1.19. The van der Waals surface area contributed by atoms with Gasteiger partial charge in [0.2, 0.25) is 0 Å². The van der Waals surface area contributed by atoms with Crippen molar-refractivity contribution < 1.29 is 9.59 Å². The predicted molar refractivity (Wildman–Crippen MR) is 77.0 cm³/mol. The number of rotatable bonds is 7. The fourth-order valence-electron chi connectivity index (χ4n) is 1.74. The lowest BCUT2D eigenvalue weighted by molar-refractivity contribution is -0.884. The van der Waals surface area contributed by atoms with Crippen molar-refractivity contribution in [2.24, 2.45) is 4.99 Å². The molecule has 0 radical (unpaired) electrons. The maximum atomic E-state index is 8.65. The van der Waals surface area contributed by atoms with E-state index in [2.05, 4.69) is 50.4 Å². The quantitative estimate of drug-likeness (QED) is 0.448. The summed E-state index contributed by atoms with van der Waals surface area (Å²) in [6, 6.07) is 8.55. The molecule has 1 rings (SSSR count). The van der Waals surface area contributed by atoms with E-state index in [1.807, 2.05) is 6.21 Å². The highest BCUT2D eigenvalue weighted by atomic mass is 16.2. The van der Waals surface area contributed by atoms with Crippen molar-refractivity contribution in [3.63, 3.8) is 0 Å². The summed E-state index contributed by atoms with van der Waals surface area (Å²) in [7, 11) is 6.57. The number of aliphatic imine (C=N–C) groups is 1. The van der Waals surface area contributed by atoms with E-state index in [0.29, 0.717) is 0 Å². The fourth-order valence-corrected chi connectivity index (χ4v) is 1.74. The van der Waals surface area contributed by atoms with E-state index in [1.165, 1.54) is 5.56 Å². The van der Waals surface area contributed by atoms with Gasteiger partial charge < -0.3 is 9.59 Å². The fraction of sp³-hybridized carbons (Fsp3) is 0.533. The molecule has 0 saturated carbocycles. The molecule has 1 N–H and O–H groups in total. The average molecular weight is 249 g/mol. The second-order valence-electron chi connectivity index (χ2n) is 5.66. The van der Waals surface area contributed by atoms with Gasteiger partial charge in [0.1, 0.15) is 6.54 Å². The topological polar surface area (TPSA) is 32.6 Å². The molecule has 0 aliphatic rings. The Morgan fingerprint density at radius 2 is 1.78 bits per heavy atom. The molecule has 0 fully saturated rings. The van der Waals surface area contributed by atoms with E-state index >= 15 is 0 Å². The van der Waals surface area contributed by atoms with Crippen LogP contribution in [-0.2, 0) is 6.54 Å². The van der Waals surface area contributed by atoms with Gasteiger partial charge in [0.05, 0.1) is 21.1 Å². The van der Waals surface area contributed by atoms with Gasteiger partial charge in [0.25, 0.3) is 0 Å². The molecule has 3 heteroatoms. The van der Waals surface area contributed by atoms with E-state index in [0.717, 1.165) is 36.0 Å². The molecule has 0 atom stereocenters. The summed E-state index contributed by atoms with van der Waals surface area (Å²) in [5, 5.41) is 8.65. The van der Waals surface area contributed by atoms with Gasteiger partial charge in [-0.3, -0.25) is 4.99 Å². The van der Waals surface area contributed by atoms with E-state index in [-0.39, 0.29) is 6.61 Å². The van der Waals surface area contributed by atoms with E-state index in [4.69, 9.17) is 5.11 Å². The zero-order chi connectivity index (χ0) is 13.4. The predicted octanol–water partition coefficient (Wildman–Crippen LogP) is 2.08. The molecule has 0 saturated heterocycles. The summed E-state index contributed by atoms with van der Waals surface area (Å²) >= 11 is 0. The van der Waals surface area contributed by atoms with Gasteiger partial charge >= 0.3 is 0 Å². The van der Waals surface area contributed by atoms with Crippen molar-refractivity contribution in [1.29, 1.82) is 0 Å². The van der Waals surface area contributed by atoms with Crippen LogP contribution in [0.5, 0.6) is 0 Å². The molecule has 100 valence electrons. The van der Waals surface area contributed by atoms with Crippen LogP contribution < -0.4 is 0 Å². The third kappa shape index (κ3) is 6.52. The summed E-state index contributed by atoms with van der Waals surface area (Å²) < 4.78 is 0.939. The van der Waals surface area contributed by atoms with Crippen LogP contribution in [0, 0.1) is 0 Å². The van der Waals surface area contributed by atoms with Crippen LogP contribution in [0.15, 0.2) is 29.3 Å². The molecule has 0 bridgehead atoms. The van der Waals surface area contributed by atoms with Gasteiger partial charge in [0, 0.05) is 24.9 Å². The van der Waals surface area contributed by atoms with E-state index < -0.39 is 0 Å². The van der Waals surface area contributed by atoms with Crippen molar-refractivity contribution in [1.82, 2.24) is 0 Å². The zero-order valence-corrected chi connectivity index (χ0v) is 11.8. The molecule has 0 aliphatic carbocycles. The molecule has 0 aliphatic heterocycles. The highest BCUT2D eigenvalue weighted by Gasteiger charge is 2.07. The number of quaternary nitrogens is 1. The maximum Gasteiger partial charge on any atom is 0.104 e. The van der Waals surface area contributed by atoms with Crippen molar-refractivity contribution in [2.45, 2.75) is 19.4 Å². The zero-order valence-electron chi connectivity index (χ0n) is 11.8. The molecule has 0 spiro atoms. The third-order valence-corrected chi connectivity index (χ3v) is 2.57. The monoisotopic (exact) mass is 249 g/mol. The molecule has 0 unspecified atom stereocenters. The van der Waals surface area contributed by atoms with Crippen LogP contribution in [-0.4, -0.2) is 50.1 Å². The summed E-state index contributed by atoms with van der Waals surface area (Å²) in [4.78, 5) is 4.34. The van der Waals surface area contributed by atoms with Gasteiger partial charge in [-0.05, 0) is 18.4 Å². The second kappa shape index (κ2) is 7.29. The van der Waals surface area contributed by atoms with Crippen molar-refractivity contribution >= 4 is 6.21 Å². The van der Waals surface area contributed by atoms with Crippen LogP contribution in [0.4, 0.5) is 0 Å². The minimum atomic E-state index is 0.259. The number of unbranched alkanes of at least 4 members (excludes halogenated alkanes) is 1. The Kier molecular flexibility index (Phi) is 6.02. The highest BCUT2D eigenvalue weighted by molar-refractivity contribution is 5.79. The smallest absolute Gasteiger partial charge is 0.104 e. The van der Waals surface area contributed by atoms with E-state index in [1.54, 1.807) is 0 Å². The van der Waals surface area contributed by atoms with Gasteiger partial charge in [-0.2, -0.15) is 0 Å². The molecule has 1 aromatic rings. The lowest BCUT2D eigenvalue weighted by atomic mass is 10.1. The minimum absolute atomic E-state index is 0.259. The molecular formula is C15H25N2O+. The summed E-state index contributed by atoms with van der Waals surface area (Å²) in [6.45, 7) is 2.09. The largest absolute Gasteiger partial charge is 0.396 e. The lowest BCUT2D eigenvalue weighted by Crippen LogP contribution is -2.33. The summed E-state index contributed by atoms with van der Waals surface area (Å²) in [5.41, 5.74) is 2.49. The van der Waals surface area contributed by atoms with Crippen molar-refractivity contribution in [3.8, 4) is 0 Å². The minimum Gasteiger partial charge on any atom is -0.396 e. The van der Waals surface area contributed by atoms with Crippen LogP contribution in [0.25, 0.3) is 0 Å². The number of aliphatic hydroxyl groups excluding tert-OH is 1. The Morgan fingerprint density at radius 3 is 2.33 bits per heavy atom. The van der Waals surface area contributed by atoms with Gasteiger partial charge in [-0.15, -0.1) is 0 Å². The Labute approximate surface area is 110 Å². The van der Waals surface area contributed by atoms with Crippen LogP contribution in [0.2, 0.25) is 0 Å². The van der Waals surface area contributed by atoms with Crippen LogP contribution in [0.3, 0.4) is 0 Å². The molecular weight excluding hydrogens is 224 g/mol. The van der Waals surface area contributed by atoms with Gasteiger partial charge in [0.15, 0.2) is 0 Å². The first-order chi connectivity index (χ1) is 8.51. The second-order valence-corrected chi connectivity index (χ2v) is 5.66. The van der Waals surface area contributed by atoms with Gasteiger partial charge in [-0.25, -0.2) is 0 Å². The normalized spacial score (nSPS) is 12.2. The lowest BCUT2D eigenvalue weighted by Gasteiger charge is -2.23. The molecule has 1 aromatic carbocycles. The first-order valence-electron chi connectivity index (χ1n) is 6.51. The Bertz CT molecular complexity index is 363. The number of aliphatic hydroxyl groups is 1. The van der Waals surface area contributed by atoms with Crippen LogP contribution >= 0.6 is 0 Å². The van der Waals surface area contributed by atoms with Crippen LogP contribution in [0.1, 0.15) is 24.0 Å². The third-order valence-electron chi connectivity index (χ3n) is 2.57. The average Bonchev–Trinajstić information content (AvgIpc) is 2.29. The summed E-state index contributed by atoms with van der Waals surface area (Å²) in [6.07, 6.45) is 3.69. The molecule has 0 aromatic heterocycles. The van der Waals surface area contributed by atoms with Crippen molar-refractivity contribution in [2.75, 3.05) is 34.3 Å². The summed E-state index contributed by atoms with van der Waals surface area (Å²) in [5.74, 6) is 0. The molecule has 0 amide bonds. The molecule has 18 heavy (non-hydrogen) atoms. The van der Waals surface area contributed by atoms with E-state index in [9.17, 15) is 0 Å². The Morgan fingerprint density at radius 1 is 1.11 bits per heavy atom.